The van der Waals surface area contributed by atoms with Crippen LogP contribution in [0.1, 0.15) is 40.0 Å². The van der Waals surface area contributed by atoms with Gasteiger partial charge in [-0.3, -0.25) is 0 Å². The van der Waals surface area contributed by atoms with Crippen LogP contribution in [-0.4, -0.2) is 34.1 Å². The molecule has 3 aliphatic rings. The summed E-state index contributed by atoms with van der Waals surface area (Å²) in [5, 5.41) is 9.38. The van der Waals surface area contributed by atoms with Crippen molar-refractivity contribution in [2.75, 3.05) is 6.61 Å². The van der Waals surface area contributed by atoms with Crippen molar-refractivity contribution in [3.05, 3.63) is 59.5 Å². The minimum Gasteiger partial charge on any atom is -0.478 e. The Morgan fingerprint density at radius 2 is 2.07 bits per heavy atom. The van der Waals surface area contributed by atoms with E-state index in [1.807, 2.05) is 42.3 Å². The number of carbonyl (C=O) groups excluding carboxylic acids is 1. The van der Waals surface area contributed by atoms with Crippen molar-refractivity contribution in [1.29, 1.82) is 0 Å². The summed E-state index contributed by atoms with van der Waals surface area (Å²) < 4.78 is 5.61. The van der Waals surface area contributed by atoms with Crippen molar-refractivity contribution in [2.24, 2.45) is 11.8 Å². The molecule has 0 aromatic heterocycles. The fourth-order valence-corrected chi connectivity index (χ4v) is 4.13. The van der Waals surface area contributed by atoms with E-state index in [9.17, 15) is 14.7 Å². The first-order chi connectivity index (χ1) is 12.9. The summed E-state index contributed by atoms with van der Waals surface area (Å²) in [6, 6.07) is 0. The Morgan fingerprint density at radius 3 is 2.78 bits per heavy atom. The predicted octanol–water partition coefficient (Wildman–Crippen LogP) is 3.96. The van der Waals surface area contributed by atoms with E-state index in [0.717, 1.165) is 25.0 Å². The lowest BCUT2D eigenvalue weighted by Gasteiger charge is -2.39. The summed E-state index contributed by atoms with van der Waals surface area (Å²) >= 11 is 0. The number of esters is 1. The molecule has 0 amide bonds. The van der Waals surface area contributed by atoms with E-state index < -0.39 is 11.5 Å². The normalized spacial score (nSPS) is 26.6. The van der Waals surface area contributed by atoms with Crippen molar-refractivity contribution >= 4 is 11.9 Å². The quantitative estimate of drug-likeness (QED) is 0.688. The number of ether oxygens (including phenoxy) is 1. The molecular weight excluding hydrogens is 342 g/mol. The number of hydrogen-bond acceptors (Lipinski definition) is 4. The zero-order valence-corrected chi connectivity index (χ0v) is 16.1. The third kappa shape index (κ3) is 3.51. The molecular formula is C22H27NO4. The van der Waals surface area contributed by atoms with E-state index in [1.165, 1.54) is 0 Å². The fourth-order valence-electron chi connectivity index (χ4n) is 4.13. The van der Waals surface area contributed by atoms with E-state index in [1.54, 1.807) is 12.2 Å². The first kappa shape index (κ1) is 19.2. The second-order valence-electron chi connectivity index (χ2n) is 7.66. The van der Waals surface area contributed by atoms with Gasteiger partial charge in [-0.1, -0.05) is 44.9 Å². The second-order valence-corrected chi connectivity index (χ2v) is 7.66. The zero-order chi connectivity index (χ0) is 19.6. The first-order valence-electron chi connectivity index (χ1n) is 9.58. The number of hydrogen-bond donors (Lipinski definition) is 1. The number of rotatable bonds is 7. The van der Waals surface area contributed by atoms with Gasteiger partial charge in [0, 0.05) is 12.1 Å². The van der Waals surface area contributed by atoms with E-state index >= 15 is 0 Å². The highest BCUT2D eigenvalue weighted by Crippen LogP contribution is 2.48. The monoisotopic (exact) mass is 369 g/mol. The molecule has 1 aliphatic carbocycles. The minimum absolute atomic E-state index is 0.235. The molecule has 144 valence electrons. The number of carbonyl (C=O) groups is 2. The molecule has 0 aromatic carbocycles. The molecule has 1 N–H and O–H groups in total. The first-order valence-corrected chi connectivity index (χ1v) is 9.58. The smallest absolute Gasteiger partial charge is 0.336 e. The standard InChI is InChI=1S/C22H27NO4/c1-4-7-15(2)11-13-27-21(26)19-17-10-9-16(20(24)25)14-22(17,3)23-12-6-5-8-18(19)23/h5-6,8-10,12,14-15,17H,4,7,11,13H2,1-3H3,(H,24,25). The van der Waals surface area contributed by atoms with Crippen LogP contribution in [0.3, 0.4) is 0 Å². The topological polar surface area (TPSA) is 66.8 Å². The molecule has 0 saturated carbocycles. The minimum atomic E-state index is -0.968. The molecule has 2 heterocycles. The summed E-state index contributed by atoms with van der Waals surface area (Å²) in [5.74, 6) is -1.00. The van der Waals surface area contributed by atoms with Crippen LogP contribution >= 0.6 is 0 Å². The van der Waals surface area contributed by atoms with Gasteiger partial charge in [-0.25, -0.2) is 9.59 Å². The molecule has 0 fully saturated rings. The average Bonchev–Trinajstić information content (AvgIpc) is 2.90. The molecule has 0 radical (unpaired) electrons. The maximum Gasteiger partial charge on any atom is 0.336 e. The average molecular weight is 369 g/mol. The molecule has 0 spiro atoms. The Balaban J connectivity index is 1.84. The largest absolute Gasteiger partial charge is 0.478 e. The molecule has 3 atom stereocenters. The third-order valence-corrected chi connectivity index (χ3v) is 5.60. The summed E-state index contributed by atoms with van der Waals surface area (Å²) in [5.41, 5.74) is 0.976. The highest BCUT2D eigenvalue weighted by atomic mass is 16.5. The molecule has 0 saturated heterocycles. The third-order valence-electron chi connectivity index (χ3n) is 5.60. The van der Waals surface area contributed by atoms with Gasteiger partial charge in [0.1, 0.15) is 0 Å². The van der Waals surface area contributed by atoms with Gasteiger partial charge in [0.05, 0.1) is 29.0 Å². The van der Waals surface area contributed by atoms with Crippen LogP contribution in [0.25, 0.3) is 0 Å². The van der Waals surface area contributed by atoms with E-state index in [0.29, 0.717) is 18.1 Å². The summed E-state index contributed by atoms with van der Waals surface area (Å²) in [7, 11) is 0. The van der Waals surface area contributed by atoms with Crippen LogP contribution < -0.4 is 0 Å². The maximum atomic E-state index is 12.9. The SMILES string of the molecule is CCCC(C)CCOC(=O)C1=C2C=CC=CN2C2(C)C=C(C(=O)O)C=CC12. The van der Waals surface area contributed by atoms with Gasteiger partial charge in [0.15, 0.2) is 0 Å². The van der Waals surface area contributed by atoms with Crippen molar-refractivity contribution in [1.82, 2.24) is 4.90 Å². The number of allylic oxidation sites excluding steroid dienone is 3. The number of nitrogens with zero attached hydrogens (tertiary/aromatic N) is 1. The number of aliphatic carboxylic acids is 1. The van der Waals surface area contributed by atoms with Crippen LogP contribution in [0.4, 0.5) is 0 Å². The van der Waals surface area contributed by atoms with Crippen LogP contribution in [-0.2, 0) is 14.3 Å². The summed E-state index contributed by atoms with van der Waals surface area (Å²) in [6.07, 6.45) is 15.8. The molecule has 27 heavy (non-hydrogen) atoms. The molecule has 5 heteroatoms. The van der Waals surface area contributed by atoms with Gasteiger partial charge in [-0.15, -0.1) is 0 Å². The van der Waals surface area contributed by atoms with E-state index in [2.05, 4.69) is 13.8 Å². The molecule has 0 bridgehead atoms. The van der Waals surface area contributed by atoms with Crippen LogP contribution in [0.2, 0.25) is 0 Å². The van der Waals surface area contributed by atoms with Crippen LogP contribution in [0.5, 0.6) is 0 Å². The molecule has 3 unspecified atom stereocenters. The van der Waals surface area contributed by atoms with Crippen molar-refractivity contribution in [2.45, 2.75) is 45.6 Å². The Kier molecular flexibility index (Phi) is 5.40. The van der Waals surface area contributed by atoms with Gasteiger partial charge in [0.25, 0.3) is 0 Å². The highest BCUT2D eigenvalue weighted by molar-refractivity contribution is 5.95. The van der Waals surface area contributed by atoms with Gasteiger partial charge in [0.2, 0.25) is 0 Å². The fraction of sp³-hybridized carbons (Fsp3) is 0.455. The lowest BCUT2D eigenvalue weighted by molar-refractivity contribution is -0.140. The van der Waals surface area contributed by atoms with Gasteiger partial charge in [-0.05, 0) is 37.5 Å². The lowest BCUT2D eigenvalue weighted by atomic mass is 9.78. The maximum absolute atomic E-state index is 12.9. The molecule has 5 nitrogen and oxygen atoms in total. The lowest BCUT2D eigenvalue weighted by Crippen LogP contribution is -2.43. The highest BCUT2D eigenvalue weighted by Gasteiger charge is 2.50. The number of fused-ring (bicyclic) bond motifs is 3. The Bertz CT molecular complexity index is 786. The van der Waals surface area contributed by atoms with Gasteiger partial charge in [-0.2, -0.15) is 0 Å². The Hall–Kier alpha value is -2.56. The van der Waals surface area contributed by atoms with E-state index in [-0.39, 0.29) is 17.5 Å². The zero-order valence-electron chi connectivity index (χ0n) is 16.1. The van der Waals surface area contributed by atoms with Gasteiger partial charge < -0.3 is 14.7 Å². The molecule has 0 aromatic rings. The van der Waals surface area contributed by atoms with Crippen molar-refractivity contribution < 1.29 is 19.4 Å². The van der Waals surface area contributed by atoms with Crippen LogP contribution in [0, 0.1) is 11.8 Å². The Labute approximate surface area is 160 Å². The van der Waals surface area contributed by atoms with E-state index in [4.69, 9.17) is 4.74 Å². The summed E-state index contributed by atoms with van der Waals surface area (Å²) in [6.45, 7) is 6.68. The Morgan fingerprint density at radius 1 is 1.30 bits per heavy atom. The van der Waals surface area contributed by atoms with Crippen molar-refractivity contribution in [3.63, 3.8) is 0 Å². The number of carboxylic acid groups (broad SMARTS) is 1. The van der Waals surface area contributed by atoms with Crippen LogP contribution in [0.15, 0.2) is 59.5 Å². The van der Waals surface area contributed by atoms with Gasteiger partial charge >= 0.3 is 11.9 Å². The molecule has 2 aliphatic heterocycles. The predicted molar refractivity (Wildman–Crippen MR) is 104 cm³/mol. The summed E-state index contributed by atoms with van der Waals surface area (Å²) in [4.78, 5) is 26.3. The van der Waals surface area contributed by atoms with Crippen molar-refractivity contribution in [3.8, 4) is 0 Å². The second kappa shape index (κ2) is 7.59. The molecule has 3 rings (SSSR count). The number of carboxylic acids is 1.